The van der Waals surface area contributed by atoms with Gasteiger partial charge in [-0.05, 0) is 10.9 Å². The average Bonchev–Trinajstić information content (AvgIpc) is 2.39. The van der Waals surface area contributed by atoms with E-state index in [4.69, 9.17) is 0 Å². The van der Waals surface area contributed by atoms with E-state index in [1.54, 1.807) is 0 Å². The van der Waals surface area contributed by atoms with Crippen LogP contribution in [-0.4, -0.2) is 23.7 Å². The molecule has 3 heteroatoms. The first-order valence-corrected chi connectivity index (χ1v) is 5.00. The van der Waals surface area contributed by atoms with Crippen LogP contribution in [0.5, 0.6) is 0 Å². The van der Waals surface area contributed by atoms with E-state index < -0.39 is 5.97 Å². The maximum absolute atomic E-state index is 10.2. The Morgan fingerprint density at radius 3 is 2.33 bits per heavy atom. The first-order valence-electron chi connectivity index (χ1n) is 2.90. The number of aliphatic carboxylic acids is 1. The van der Waals surface area contributed by atoms with E-state index in [9.17, 15) is 9.90 Å². The molecule has 0 unspecified atom stereocenters. The topological polar surface area (TPSA) is 40.1 Å². The number of carboxylic acids is 1. The summed E-state index contributed by atoms with van der Waals surface area (Å²) in [7, 11) is 0.272. The lowest BCUT2D eigenvalue weighted by atomic mass is 10.4. The molecule has 1 fully saturated rings. The van der Waals surface area contributed by atoms with E-state index in [1.807, 2.05) is 0 Å². The summed E-state index contributed by atoms with van der Waals surface area (Å²) in [6.45, 7) is 0. The second kappa shape index (κ2) is 2.21. The lowest BCUT2D eigenvalue weighted by Gasteiger charge is -1.96. The van der Waals surface area contributed by atoms with Crippen LogP contribution in [0.15, 0.2) is 0 Å². The van der Waals surface area contributed by atoms with Crippen molar-refractivity contribution in [1.29, 1.82) is 0 Å². The van der Waals surface area contributed by atoms with Gasteiger partial charge >= 0.3 is 0 Å². The first kappa shape index (κ1) is 6.93. The Morgan fingerprint density at radius 2 is 2.22 bits per heavy atom. The SMILES string of the molecule is C[S+](C)[C@@H]1C[C@@H]1C(=O)[O-]. The molecule has 1 aliphatic carbocycles. The van der Waals surface area contributed by atoms with Gasteiger partial charge in [0.15, 0.2) is 0 Å². The minimum absolute atomic E-state index is 0.122. The standard InChI is InChI=1S/C6H10O2S/c1-9(2)5-3-4(5)6(7)8/h4-5H,3H2,1-2H3/t4-,5+/m0/s1. The summed E-state index contributed by atoms with van der Waals surface area (Å²) in [5.41, 5.74) is 0. The van der Waals surface area contributed by atoms with Crippen LogP contribution in [-0.2, 0) is 15.7 Å². The van der Waals surface area contributed by atoms with E-state index in [0.29, 0.717) is 5.25 Å². The van der Waals surface area contributed by atoms with Crippen LogP contribution in [0.1, 0.15) is 6.42 Å². The van der Waals surface area contributed by atoms with Crippen molar-refractivity contribution in [3.05, 3.63) is 0 Å². The normalized spacial score (nSPS) is 32.8. The maximum Gasteiger partial charge on any atom is 0.126 e. The zero-order valence-corrected chi connectivity index (χ0v) is 6.40. The summed E-state index contributed by atoms with van der Waals surface area (Å²) in [6.07, 6.45) is 5.00. The van der Waals surface area contributed by atoms with Crippen molar-refractivity contribution in [3.8, 4) is 0 Å². The second-order valence-electron chi connectivity index (χ2n) is 2.58. The number of hydrogen-bond acceptors (Lipinski definition) is 2. The second-order valence-corrected chi connectivity index (χ2v) is 4.94. The molecule has 0 N–H and O–H groups in total. The smallest absolute Gasteiger partial charge is 0.126 e. The molecule has 0 saturated heterocycles. The van der Waals surface area contributed by atoms with Crippen molar-refractivity contribution >= 4 is 16.9 Å². The molecule has 0 aromatic rings. The van der Waals surface area contributed by atoms with Crippen LogP contribution >= 0.6 is 0 Å². The maximum atomic E-state index is 10.2. The molecule has 0 aliphatic heterocycles. The van der Waals surface area contributed by atoms with Crippen LogP contribution in [0.3, 0.4) is 0 Å². The zero-order chi connectivity index (χ0) is 7.02. The van der Waals surface area contributed by atoms with Gasteiger partial charge in [0.25, 0.3) is 0 Å². The molecule has 52 valence electrons. The Balaban J connectivity index is 2.33. The fourth-order valence-electron chi connectivity index (χ4n) is 0.941. The average molecular weight is 146 g/mol. The Labute approximate surface area is 57.6 Å². The molecule has 2 nitrogen and oxygen atoms in total. The Hall–Kier alpha value is -0.180. The van der Waals surface area contributed by atoms with Crippen LogP contribution in [0, 0.1) is 5.92 Å². The molecule has 9 heavy (non-hydrogen) atoms. The van der Waals surface area contributed by atoms with Crippen molar-refractivity contribution in [2.75, 3.05) is 12.5 Å². The number of carbonyl (C=O) groups is 1. The van der Waals surface area contributed by atoms with Gasteiger partial charge in [-0.2, -0.15) is 0 Å². The summed E-state index contributed by atoms with van der Waals surface area (Å²) in [4.78, 5) is 10.2. The predicted molar refractivity (Wildman–Crippen MR) is 36.1 cm³/mol. The zero-order valence-electron chi connectivity index (χ0n) is 5.59. The lowest BCUT2D eigenvalue weighted by molar-refractivity contribution is -0.307. The Kier molecular flexibility index (Phi) is 1.70. The van der Waals surface area contributed by atoms with Crippen molar-refractivity contribution < 1.29 is 9.90 Å². The van der Waals surface area contributed by atoms with Gasteiger partial charge in [-0.3, -0.25) is 0 Å². The van der Waals surface area contributed by atoms with E-state index in [-0.39, 0.29) is 16.8 Å². The molecule has 0 bridgehead atoms. The van der Waals surface area contributed by atoms with Crippen molar-refractivity contribution in [3.63, 3.8) is 0 Å². The molecule has 0 aromatic heterocycles. The summed E-state index contributed by atoms with van der Waals surface area (Å²) in [5, 5.41) is 10.6. The Morgan fingerprint density at radius 1 is 1.67 bits per heavy atom. The fraction of sp³-hybridized carbons (Fsp3) is 0.833. The molecule has 0 aromatic carbocycles. The summed E-state index contributed by atoms with van der Waals surface area (Å²) in [6, 6.07) is 0. The van der Waals surface area contributed by atoms with Gasteiger partial charge in [0.05, 0.1) is 18.4 Å². The molecule has 0 heterocycles. The van der Waals surface area contributed by atoms with Gasteiger partial charge in [-0.15, -0.1) is 0 Å². The van der Waals surface area contributed by atoms with Crippen LogP contribution in [0.25, 0.3) is 0 Å². The molecular weight excluding hydrogens is 136 g/mol. The molecular formula is C6H10O2S. The van der Waals surface area contributed by atoms with Gasteiger partial charge in [0.2, 0.25) is 0 Å². The highest BCUT2D eigenvalue weighted by atomic mass is 32.2. The third kappa shape index (κ3) is 1.39. The Bertz CT molecular complexity index is 133. The highest BCUT2D eigenvalue weighted by Crippen LogP contribution is 2.36. The minimum atomic E-state index is -0.860. The highest BCUT2D eigenvalue weighted by Gasteiger charge is 2.47. The largest absolute Gasteiger partial charge is 0.550 e. The summed E-state index contributed by atoms with van der Waals surface area (Å²) < 4.78 is 0. The third-order valence-electron chi connectivity index (χ3n) is 1.64. The van der Waals surface area contributed by atoms with Crippen molar-refractivity contribution in [2.45, 2.75) is 11.7 Å². The van der Waals surface area contributed by atoms with E-state index in [2.05, 4.69) is 12.5 Å². The summed E-state index contributed by atoms with van der Waals surface area (Å²) >= 11 is 0. The van der Waals surface area contributed by atoms with Crippen molar-refractivity contribution in [1.82, 2.24) is 0 Å². The van der Waals surface area contributed by atoms with E-state index in [1.165, 1.54) is 0 Å². The molecule has 1 saturated carbocycles. The van der Waals surface area contributed by atoms with Crippen molar-refractivity contribution in [2.24, 2.45) is 5.92 Å². The summed E-state index contributed by atoms with van der Waals surface area (Å²) in [5.74, 6) is -0.982. The monoisotopic (exact) mass is 146 g/mol. The number of carboxylic acid groups (broad SMARTS) is 1. The highest BCUT2D eigenvalue weighted by molar-refractivity contribution is 7.96. The van der Waals surface area contributed by atoms with Crippen LogP contribution in [0.4, 0.5) is 0 Å². The van der Waals surface area contributed by atoms with Gasteiger partial charge in [-0.25, -0.2) is 0 Å². The molecule has 0 spiro atoms. The van der Waals surface area contributed by atoms with Gasteiger partial charge in [0, 0.05) is 12.4 Å². The van der Waals surface area contributed by atoms with Crippen LogP contribution < -0.4 is 5.11 Å². The number of carbonyl (C=O) groups excluding carboxylic acids is 1. The fourth-order valence-corrected chi connectivity index (χ4v) is 2.30. The number of hydrogen-bond donors (Lipinski definition) is 0. The molecule has 1 aliphatic rings. The molecule has 0 amide bonds. The molecule has 1 rings (SSSR count). The lowest BCUT2D eigenvalue weighted by Crippen LogP contribution is -2.26. The van der Waals surface area contributed by atoms with Crippen LogP contribution in [0.2, 0.25) is 0 Å². The van der Waals surface area contributed by atoms with Gasteiger partial charge < -0.3 is 9.90 Å². The van der Waals surface area contributed by atoms with E-state index >= 15 is 0 Å². The first-order chi connectivity index (χ1) is 4.13. The third-order valence-corrected chi connectivity index (χ3v) is 3.37. The quantitative estimate of drug-likeness (QED) is 0.469. The van der Waals surface area contributed by atoms with Gasteiger partial charge in [0.1, 0.15) is 5.25 Å². The molecule has 2 atom stereocenters. The van der Waals surface area contributed by atoms with E-state index in [0.717, 1.165) is 6.42 Å². The minimum Gasteiger partial charge on any atom is -0.550 e. The van der Waals surface area contributed by atoms with Gasteiger partial charge in [-0.1, -0.05) is 0 Å². The number of rotatable bonds is 2. The predicted octanol–water partition coefficient (Wildman–Crippen LogP) is -0.997. The molecule has 0 radical (unpaired) electrons.